The number of methoxy groups -OCH3 is 1. The fourth-order valence-corrected chi connectivity index (χ4v) is 3.56. The Morgan fingerprint density at radius 2 is 1.85 bits per heavy atom. The lowest BCUT2D eigenvalue weighted by Gasteiger charge is -2.35. The summed E-state index contributed by atoms with van der Waals surface area (Å²) in [6.45, 7) is 7.69. The molecule has 0 saturated carbocycles. The molecule has 1 aromatic heterocycles. The van der Waals surface area contributed by atoms with Crippen molar-refractivity contribution in [3.05, 3.63) is 20.2 Å². The molecule has 1 aromatic rings. The minimum absolute atomic E-state index is 0.0854. The molecule has 1 aliphatic rings. The first-order valence-corrected chi connectivity index (χ1v) is 8.13. The predicted octanol–water partition coefficient (Wildman–Crippen LogP) is 3.68. The van der Waals surface area contributed by atoms with Crippen LogP contribution in [-0.4, -0.2) is 30.3 Å². The number of ether oxygens (including phenoxy) is 2. The first-order chi connectivity index (χ1) is 9.30. The number of hydrogen-bond donors (Lipinski definition) is 0. The zero-order chi connectivity index (χ0) is 15.0. The van der Waals surface area contributed by atoms with E-state index in [-0.39, 0.29) is 5.41 Å². The predicted molar refractivity (Wildman–Crippen MR) is 87.2 cm³/mol. The monoisotopic (exact) mass is 410 g/mol. The zero-order valence-electron chi connectivity index (χ0n) is 12.3. The lowest BCUT2D eigenvalue weighted by Crippen LogP contribution is -2.38. The van der Waals surface area contributed by atoms with Crippen LogP contribution in [-0.2, 0) is 20.5 Å². The summed E-state index contributed by atoms with van der Waals surface area (Å²) in [4.78, 5) is 9.27. The molecule has 20 heavy (non-hydrogen) atoms. The van der Waals surface area contributed by atoms with Gasteiger partial charge in [-0.15, -0.1) is 0 Å². The number of rotatable bonds is 2. The van der Waals surface area contributed by atoms with Gasteiger partial charge in [-0.1, -0.05) is 32.4 Å². The molecule has 4 nitrogen and oxygen atoms in total. The quantitative estimate of drug-likeness (QED) is 0.551. The van der Waals surface area contributed by atoms with Crippen LogP contribution in [0.2, 0.25) is 5.15 Å². The molecule has 1 saturated heterocycles. The first-order valence-electron chi connectivity index (χ1n) is 6.67. The molecule has 112 valence electrons. The van der Waals surface area contributed by atoms with Gasteiger partial charge in [-0.05, 0) is 22.6 Å². The van der Waals surface area contributed by atoms with Gasteiger partial charge < -0.3 is 9.47 Å². The average Bonchev–Trinajstić information content (AvgIpc) is 2.41. The first kappa shape index (κ1) is 16.4. The van der Waals surface area contributed by atoms with Crippen molar-refractivity contribution in [3.63, 3.8) is 0 Å². The Balaban J connectivity index is 2.54. The normalized spacial score (nSPS) is 19.1. The Bertz CT molecular complexity index is 497. The second kappa shape index (κ2) is 6.02. The van der Waals surface area contributed by atoms with Crippen molar-refractivity contribution in [2.75, 3.05) is 20.3 Å². The third-order valence-electron chi connectivity index (χ3n) is 3.62. The third-order valence-corrected chi connectivity index (χ3v) is 5.23. The van der Waals surface area contributed by atoms with Gasteiger partial charge in [0.05, 0.1) is 9.26 Å². The van der Waals surface area contributed by atoms with Crippen LogP contribution >= 0.6 is 34.2 Å². The van der Waals surface area contributed by atoms with Crippen molar-refractivity contribution in [1.29, 1.82) is 0 Å². The van der Waals surface area contributed by atoms with E-state index in [1.54, 1.807) is 7.11 Å². The van der Waals surface area contributed by atoms with Crippen LogP contribution in [0, 0.1) is 3.57 Å². The van der Waals surface area contributed by atoms with E-state index in [9.17, 15) is 0 Å². The molecular weight excluding hydrogens is 391 g/mol. The van der Waals surface area contributed by atoms with E-state index < -0.39 is 5.60 Å². The van der Waals surface area contributed by atoms with Crippen LogP contribution < -0.4 is 0 Å². The van der Waals surface area contributed by atoms with Crippen molar-refractivity contribution in [2.24, 2.45) is 0 Å². The van der Waals surface area contributed by atoms with E-state index in [1.165, 1.54) is 0 Å². The summed E-state index contributed by atoms with van der Waals surface area (Å²) in [6, 6.07) is 0. The highest BCUT2D eigenvalue weighted by molar-refractivity contribution is 14.1. The van der Waals surface area contributed by atoms with E-state index in [4.69, 9.17) is 26.1 Å². The van der Waals surface area contributed by atoms with E-state index in [0.717, 1.165) is 22.1 Å². The van der Waals surface area contributed by atoms with Gasteiger partial charge in [0.25, 0.3) is 0 Å². The Kier molecular flexibility index (Phi) is 4.94. The molecule has 0 bridgehead atoms. The molecule has 6 heteroatoms. The molecule has 2 rings (SSSR count). The van der Waals surface area contributed by atoms with Crippen LogP contribution in [0.15, 0.2) is 0 Å². The molecule has 0 aromatic carbocycles. The van der Waals surface area contributed by atoms with Crippen molar-refractivity contribution >= 4 is 34.2 Å². The summed E-state index contributed by atoms with van der Waals surface area (Å²) < 4.78 is 12.1. The molecular formula is C14H20ClIN2O2. The summed E-state index contributed by atoms with van der Waals surface area (Å²) in [5, 5.41) is 0.503. The summed E-state index contributed by atoms with van der Waals surface area (Å²) in [7, 11) is 1.71. The second-order valence-electron chi connectivity index (χ2n) is 6.06. The number of aromatic nitrogens is 2. The van der Waals surface area contributed by atoms with Crippen LogP contribution in [0.5, 0.6) is 0 Å². The summed E-state index contributed by atoms with van der Waals surface area (Å²) in [6.07, 6.45) is 1.51. The number of nitrogens with zero attached hydrogens (tertiary/aromatic N) is 2. The molecule has 1 fully saturated rings. The third kappa shape index (κ3) is 3.10. The molecule has 0 amide bonds. The molecule has 0 atom stereocenters. The van der Waals surface area contributed by atoms with Gasteiger partial charge in [-0.3, -0.25) is 0 Å². The van der Waals surface area contributed by atoms with Crippen LogP contribution in [0.25, 0.3) is 0 Å². The molecule has 0 aliphatic carbocycles. The van der Waals surface area contributed by atoms with Crippen LogP contribution in [0.1, 0.15) is 45.1 Å². The maximum absolute atomic E-state index is 6.32. The Hall–Kier alpha value is 0.0200. The molecule has 0 N–H and O–H groups in total. The van der Waals surface area contributed by atoms with Gasteiger partial charge in [-0.2, -0.15) is 0 Å². The highest BCUT2D eigenvalue weighted by atomic mass is 127. The summed E-state index contributed by atoms with van der Waals surface area (Å²) in [5.41, 5.74) is 0.403. The van der Waals surface area contributed by atoms with Gasteiger partial charge in [0.2, 0.25) is 0 Å². The standard InChI is InChI=1S/C14H20ClIN2O2/c1-13(2,3)10-9(16)11(15)18-12(17-10)14(19-4)5-7-20-8-6-14/h5-8H2,1-4H3. The largest absolute Gasteiger partial charge is 0.381 e. The Morgan fingerprint density at radius 1 is 1.25 bits per heavy atom. The Labute approximate surface area is 138 Å². The highest BCUT2D eigenvalue weighted by Gasteiger charge is 2.39. The van der Waals surface area contributed by atoms with Gasteiger partial charge >= 0.3 is 0 Å². The maximum atomic E-state index is 6.32. The highest BCUT2D eigenvalue weighted by Crippen LogP contribution is 2.37. The SMILES string of the molecule is COC1(c2nc(Cl)c(I)c(C(C)(C)C)n2)CCOCC1. The topological polar surface area (TPSA) is 44.2 Å². The van der Waals surface area contributed by atoms with Gasteiger partial charge in [0.1, 0.15) is 10.8 Å². The van der Waals surface area contributed by atoms with E-state index >= 15 is 0 Å². The van der Waals surface area contributed by atoms with Crippen LogP contribution in [0.4, 0.5) is 0 Å². The fraction of sp³-hybridized carbons (Fsp3) is 0.714. The minimum atomic E-state index is -0.480. The van der Waals surface area contributed by atoms with Crippen molar-refractivity contribution in [1.82, 2.24) is 9.97 Å². The second-order valence-corrected chi connectivity index (χ2v) is 7.50. The minimum Gasteiger partial charge on any atom is -0.381 e. The molecule has 0 unspecified atom stereocenters. The smallest absolute Gasteiger partial charge is 0.162 e. The van der Waals surface area contributed by atoms with Gasteiger partial charge in [0, 0.05) is 38.6 Å². The van der Waals surface area contributed by atoms with E-state index in [0.29, 0.717) is 24.2 Å². The van der Waals surface area contributed by atoms with E-state index in [1.807, 2.05) is 0 Å². The summed E-state index contributed by atoms with van der Waals surface area (Å²) in [5.74, 6) is 0.679. The van der Waals surface area contributed by atoms with Gasteiger partial charge in [-0.25, -0.2) is 9.97 Å². The summed E-state index contributed by atoms with van der Waals surface area (Å²) >= 11 is 8.53. The van der Waals surface area contributed by atoms with Crippen molar-refractivity contribution in [3.8, 4) is 0 Å². The zero-order valence-corrected chi connectivity index (χ0v) is 15.2. The lowest BCUT2D eigenvalue weighted by atomic mass is 9.90. The van der Waals surface area contributed by atoms with Crippen LogP contribution in [0.3, 0.4) is 0 Å². The lowest BCUT2D eigenvalue weighted by molar-refractivity contribution is -0.100. The Morgan fingerprint density at radius 3 is 2.35 bits per heavy atom. The number of halogens is 2. The molecule has 1 aliphatic heterocycles. The van der Waals surface area contributed by atoms with Crippen molar-refractivity contribution in [2.45, 2.75) is 44.6 Å². The molecule has 0 spiro atoms. The van der Waals surface area contributed by atoms with Gasteiger partial charge in [0.15, 0.2) is 5.82 Å². The van der Waals surface area contributed by atoms with Crippen molar-refractivity contribution < 1.29 is 9.47 Å². The molecule has 2 heterocycles. The fourth-order valence-electron chi connectivity index (χ4n) is 2.34. The average molecular weight is 411 g/mol. The molecule has 0 radical (unpaired) electrons. The maximum Gasteiger partial charge on any atom is 0.162 e. The number of hydrogen-bond acceptors (Lipinski definition) is 4. The van der Waals surface area contributed by atoms with E-state index in [2.05, 4.69) is 48.3 Å².